The Morgan fingerprint density at radius 1 is 0.535 bits per heavy atom. The Morgan fingerprint density at radius 3 is 1.61 bits per heavy atom. The first-order chi connectivity index (χ1) is 32.7. The highest BCUT2D eigenvalue weighted by Gasteiger charge is 2.51. The van der Waals surface area contributed by atoms with Crippen molar-refractivity contribution in [2.24, 2.45) is 17.3 Å². The van der Waals surface area contributed by atoms with Gasteiger partial charge in [-0.05, 0) is 192 Å². The number of allylic oxidation sites excluding steroid dienone is 3. The third-order valence-electron chi connectivity index (χ3n) is 20.1. The highest BCUT2D eigenvalue weighted by Crippen LogP contribution is 2.55. The quantitative estimate of drug-likeness (QED) is 0.161. The lowest BCUT2D eigenvalue weighted by Gasteiger charge is -2.49. The van der Waals surface area contributed by atoms with Crippen molar-refractivity contribution in [3.63, 3.8) is 0 Å². The van der Waals surface area contributed by atoms with Crippen LogP contribution >= 0.6 is 0 Å². The maximum atomic E-state index is 7.73. The molecule has 0 bridgehead atoms. The molecule has 2 aliphatic heterocycles. The molecule has 1 aromatic heterocycles. The van der Waals surface area contributed by atoms with Gasteiger partial charge in [-0.25, -0.2) is 0 Å². The Morgan fingerprint density at radius 2 is 1.04 bits per heavy atom. The minimum Gasteiger partial charge on any atom is -0.440 e. The number of benzene rings is 4. The average Bonchev–Trinajstić information content (AvgIpc) is 3.57. The number of anilines is 5. The van der Waals surface area contributed by atoms with Crippen molar-refractivity contribution in [1.82, 2.24) is 0 Å². The molecule has 4 aliphatic carbocycles. The molecule has 4 aromatic carbocycles. The maximum Gasteiger partial charge on any atom is 0.257 e. The maximum absolute atomic E-state index is 7.73. The summed E-state index contributed by atoms with van der Waals surface area (Å²) in [5.74, 6) is 1.72. The van der Waals surface area contributed by atoms with Crippen molar-refractivity contribution in [2.45, 2.75) is 221 Å². The Bertz CT molecular complexity index is 3130. The van der Waals surface area contributed by atoms with Gasteiger partial charge in [-0.15, -0.1) is 0 Å². The molecule has 0 saturated heterocycles. The number of furan rings is 1. The number of nitrogens with zero attached hydrogens (tertiary/aromatic N) is 2. The molecule has 0 N–H and O–H groups in total. The summed E-state index contributed by atoms with van der Waals surface area (Å²) in [4.78, 5) is 5.47. The van der Waals surface area contributed by atoms with Crippen LogP contribution in [0.25, 0.3) is 11.0 Å². The topological polar surface area (TPSA) is 19.6 Å². The van der Waals surface area contributed by atoms with E-state index in [1.54, 1.807) is 0 Å². The van der Waals surface area contributed by atoms with E-state index >= 15 is 0 Å². The van der Waals surface area contributed by atoms with Crippen LogP contribution in [0.15, 0.2) is 82.8 Å². The van der Waals surface area contributed by atoms with Crippen LogP contribution in [-0.2, 0) is 37.9 Å². The van der Waals surface area contributed by atoms with E-state index < -0.39 is 0 Å². The molecule has 374 valence electrons. The molecule has 0 fully saturated rings. The van der Waals surface area contributed by atoms with Gasteiger partial charge in [-0.1, -0.05) is 169 Å². The predicted octanol–water partition coefficient (Wildman–Crippen LogP) is 16.7. The average molecular weight is 947 g/mol. The summed E-state index contributed by atoms with van der Waals surface area (Å²) in [5, 5.41) is 1.28. The van der Waals surface area contributed by atoms with Crippen molar-refractivity contribution in [2.75, 3.05) is 9.80 Å². The minimum absolute atomic E-state index is 0.0320. The first-order valence-electron chi connectivity index (χ1n) is 27.9. The van der Waals surface area contributed by atoms with Gasteiger partial charge in [0.1, 0.15) is 5.58 Å². The number of hydrogen-bond donors (Lipinski definition) is 0. The third kappa shape index (κ3) is 7.29. The molecule has 4 heteroatoms. The van der Waals surface area contributed by atoms with Gasteiger partial charge in [0.25, 0.3) is 6.71 Å². The van der Waals surface area contributed by atoms with Crippen LogP contribution in [0.2, 0.25) is 0 Å². The van der Waals surface area contributed by atoms with Gasteiger partial charge in [-0.2, -0.15) is 0 Å². The molecule has 3 atom stereocenters. The molecular formula is C67H87BN2O. The second-order valence-corrected chi connectivity index (χ2v) is 30.0. The zero-order valence-electron chi connectivity index (χ0n) is 47.8. The van der Waals surface area contributed by atoms with Gasteiger partial charge in [0.05, 0.1) is 6.04 Å². The molecule has 2 unspecified atom stereocenters. The van der Waals surface area contributed by atoms with Crippen LogP contribution in [0.3, 0.4) is 0 Å². The fourth-order valence-corrected chi connectivity index (χ4v) is 14.4. The Kier molecular flexibility index (Phi) is 10.4. The highest BCUT2D eigenvalue weighted by molar-refractivity contribution is 7.01. The van der Waals surface area contributed by atoms with Crippen LogP contribution in [0.5, 0.6) is 0 Å². The van der Waals surface area contributed by atoms with Crippen molar-refractivity contribution in [3.05, 3.63) is 117 Å². The van der Waals surface area contributed by atoms with Gasteiger partial charge < -0.3 is 9.32 Å². The zero-order chi connectivity index (χ0) is 51.3. The van der Waals surface area contributed by atoms with Gasteiger partial charge in [0.2, 0.25) is 5.88 Å². The third-order valence-corrected chi connectivity index (χ3v) is 20.1. The van der Waals surface area contributed by atoms with Crippen molar-refractivity contribution >= 4 is 62.7 Å². The Hall–Kier alpha value is -4.44. The van der Waals surface area contributed by atoms with E-state index in [2.05, 4.69) is 221 Å². The molecule has 11 rings (SSSR count). The highest BCUT2D eigenvalue weighted by atomic mass is 16.4. The standard InChI is InChI=1S/C67H87BN2O/c1-39-31-41(60(3,4)5)21-24-52(40(39)2)70-53-37-49-48(65(15,16)28-29-66(49,17)18)36-51(53)68-57-44-35-47-50(67(19,20)30-27-64(47,13)14)38-56(44)71-59(57)69(54-32-42(61(6,7)8)33-55(70)58(54)68)43-22-23-45-46(34-43)63(11,12)26-25-62(45,9)10/h21-24,31-40,52H,25-30H2,1-20H3/t39?,40-,52?/m1/s1. The van der Waals surface area contributed by atoms with Crippen molar-refractivity contribution in [1.29, 1.82) is 0 Å². The van der Waals surface area contributed by atoms with Crippen LogP contribution in [0.4, 0.5) is 28.6 Å². The number of hydrogen-bond acceptors (Lipinski definition) is 3. The first kappa shape index (κ1) is 48.8. The van der Waals surface area contributed by atoms with Crippen LogP contribution in [0.1, 0.15) is 216 Å². The molecule has 71 heavy (non-hydrogen) atoms. The molecular weight excluding hydrogens is 860 g/mol. The largest absolute Gasteiger partial charge is 0.440 e. The van der Waals surface area contributed by atoms with Crippen LogP contribution < -0.4 is 26.2 Å². The molecule has 0 spiro atoms. The molecule has 3 nitrogen and oxygen atoms in total. The lowest BCUT2D eigenvalue weighted by atomic mass is 9.33. The lowest BCUT2D eigenvalue weighted by Crippen LogP contribution is -2.63. The Labute approximate surface area is 430 Å². The summed E-state index contributed by atoms with van der Waals surface area (Å²) < 4.78 is 7.73. The normalized spacial score (nSPS) is 25.0. The molecule has 0 saturated carbocycles. The zero-order valence-corrected chi connectivity index (χ0v) is 47.8. The Balaban J connectivity index is 1.31. The molecule has 5 aromatic rings. The molecule has 3 heterocycles. The smallest absolute Gasteiger partial charge is 0.257 e. The summed E-state index contributed by atoms with van der Waals surface area (Å²) in [6.07, 6.45) is 14.7. The fourth-order valence-electron chi connectivity index (χ4n) is 14.4. The summed E-state index contributed by atoms with van der Waals surface area (Å²) >= 11 is 0. The van der Waals surface area contributed by atoms with Crippen molar-refractivity contribution in [3.8, 4) is 0 Å². The second-order valence-electron chi connectivity index (χ2n) is 30.0. The van der Waals surface area contributed by atoms with E-state index in [1.165, 1.54) is 128 Å². The summed E-state index contributed by atoms with van der Waals surface area (Å²) in [5.41, 5.74) is 22.4. The van der Waals surface area contributed by atoms with Crippen molar-refractivity contribution < 1.29 is 4.42 Å². The number of rotatable bonds is 2. The van der Waals surface area contributed by atoms with E-state index in [9.17, 15) is 0 Å². The van der Waals surface area contributed by atoms with E-state index in [0.29, 0.717) is 11.8 Å². The lowest BCUT2D eigenvalue weighted by molar-refractivity contribution is 0.332. The second kappa shape index (κ2) is 15.1. The fraction of sp³-hybridized carbons (Fsp3) is 0.552. The van der Waals surface area contributed by atoms with E-state index in [4.69, 9.17) is 4.42 Å². The summed E-state index contributed by atoms with van der Waals surface area (Å²) in [7, 11) is 0. The van der Waals surface area contributed by atoms with E-state index in [0.717, 1.165) is 11.5 Å². The summed E-state index contributed by atoms with van der Waals surface area (Å²) in [6.45, 7) is 49.1. The molecule has 6 aliphatic rings. The van der Waals surface area contributed by atoms with Gasteiger partial charge in [0, 0.05) is 33.6 Å². The number of fused-ring (bicyclic) bond motifs is 9. The van der Waals surface area contributed by atoms with Gasteiger partial charge in [-0.3, -0.25) is 4.90 Å². The molecule has 0 radical (unpaired) electrons. The monoisotopic (exact) mass is 947 g/mol. The predicted molar refractivity (Wildman–Crippen MR) is 307 cm³/mol. The van der Waals surface area contributed by atoms with E-state index in [-0.39, 0.29) is 56.1 Å². The first-order valence-corrected chi connectivity index (χ1v) is 27.9. The molecule has 0 amide bonds. The summed E-state index contributed by atoms with van der Waals surface area (Å²) in [6, 6.07) is 23.4. The van der Waals surface area contributed by atoms with Gasteiger partial charge >= 0.3 is 0 Å². The van der Waals surface area contributed by atoms with Crippen LogP contribution in [-0.4, -0.2) is 12.8 Å². The van der Waals surface area contributed by atoms with Crippen LogP contribution in [0, 0.1) is 17.3 Å². The minimum atomic E-state index is -0.119. The SMILES string of the molecule is CC1C=C(C(C)(C)C)C=CC(N2c3cc4c(cc3B3c5c(cc(C(C)(C)C)cc52)N(c2ccc5c(c2)C(C)(C)CCC5(C)C)c2oc5cc6c(cc5c23)C(C)(C)CCC6(C)C)C(C)(C)CCC4(C)C)[C@@H]1C. The van der Waals surface area contributed by atoms with E-state index in [1.807, 2.05) is 0 Å². The van der Waals surface area contributed by atoms with Gasteiger partial charge in [0.15, 0.2) is 0 Å².